The summed E-state index contributed by atoms with van der Waals surface area (Å²) in [6.45, 7) is 2.85. The molecular weight excluding hydrogens is 372 g/mol. The van der Waals surface area contributed by atoms with E-state index >= 15 is 0 Å². The normalized spacial score (nSPS) is 14.6. The number of ketones is 1. The Morgan fingerprint density at radius 1 is 0.964 bits per heavy atom. The van der Waals surface area contributed by atoms with E-state index in [-0.39, 0.29) is 11.7 Å². The third-order valence-electron chi connectivity index (χ3n) is 4.73. The molecule has 0 N–H and O–H groups in total. The fraction of sp³-hybridized carbons (Fsp3) is 0.238. The summed E-state index contributed by atoms with van der Waals surface area (Å²) < 4.78 is 0. The Morgan fingerprint density at radius 3 is 2.68 bits per heavy atom. The molecule has 3 aromatic heterocycles. The third-order valence-corrected chi connectivity index (χ3v) is 5.59. The van der Waals surface area contributed by atoms with Crippen molar-refractivity contribution in [2.24, 2.45) is 0 Å². The van der Waals surface area contributed by atoms with Gasteiger partial charge in [0.05, 0.1) is 4.88 Å². The average Bonchev–Trinajstić information content (AvgIpc) is 3.18. The Bertz CT molecular complexity index is 960. The van der Waals surface area contributed by atoms with Gasteiger partial charge in [-0.1, -0.05) is 12.1 Å². The fourth-order valence-corrected chi connectivity index (χ4v) is 3.97. The van der Waals surface area contributed by atoms with E-state index < -0.39 is 0 Å². The molecule has 1 fully saturated rings. The summed E-state index contributed by atoms with van der Waals surface area (Å²) >= 11 is 1.47. The Morgan fingerprint density at radius 2 is 1.89 bits per heavy atom. The van der Waals surface area contributed by atoms with Gasteiger partial charge < -0.3 is 9.80 Å². The number of rotatable bonds is 4. The molecule has 6 nitrogen and oxygen atoms in total. The van der Waals surface area contributed by atoms with Crippen LogP contribution in [-0.4, -0.2) is 52.7 Å². The number of carbonyl (C=O) groups is 2. The van der Waals surface area contributed by atoms with Crippen molar-refractivity contribution in [1.82, 2.24) is 14.9 Å². The predicted octanol–water partition coefficient (Wildman–Crippen LogP) is 3.12. The van der Waals surface area contributed by atoms with Gasteiger partial charge in [0, 0.05) is 44.1 Å². The lowest BCUT2D eigenvalue weighted by atomic mass is 10.1. The van der Waals surface area contributed by atoms with Crippen molar-refractivity contribution in [2.75, 3.05) is 31.1 Å². The molecule has 0 spiro atoms. The van der Waals surface area contributed by atoms with Crippen LogP contribution in [0, 0.1) is 0 Å². The van der Waals surface area contributed by atoms with E-state index in [0.29, 0.717) is 24.3 Å². The first kappa shape index (κ1) is 18.3. The first-order chi connectivity index (χ1) is 13.7. The van der Waals surface area contributed by atoms with Gasteiger partial charge in [0.2, 0.25) is 5.78 Å². The molecule has 0 aliphatic carbocycles. The summed E-state index contributed by atoms with van der Waals surface area (Å²) in [5.41, 5.74) is 0.928. The predicted molar refractivity (Wildman–Crippen MR) is 109 cm³/mol. The number of hydrogen-bond acceptors (Lipinski definition) is 6. The van der Waals surface area contributed by atoms with Gasteiger partial charge in [-0.3, -0.25) is 14.6 Å². The number of amides is 1. The second-order valence-electron chi connectivity index (χ2n) is 6.56. The van der Waals surface area contributed by atoms with Crippen LogP contribution in [0.15, 0.2) is 60.2 Å². The molecule has 0 atom stereocenters. The maximum Gasteiger partial charge on any atom is 0.263 e. The average molecular weight is 392 g/mol. The van der Waals surface area contributed by atoms with Crippen LogP contribution < -0.4 is 4.90 Å². The minimum atomic E-state index is -0.140. The van der Waals surface area contributed by atoms with Crippen LogP contribution in [0.1, 0.15) is 32.1 Å². The van der Waals surface area contributed by atoms with Gasteiger partial charge in [-0.15, -0.1) is 11.3 Å². The Hall–Kier alpha value is -3.06. The molecular formula is C21H20N4O2S. The van der Waals surface area contributed by atoms with Crippen molar-refractivity contribution < 1.29 is 9.59 Å². The molecule has 0 saturated carbocycles. The van der Waals surface area contributed by atoms with Crippen LogP contribution >= 0.6 is 11.3 Å². The van der Waals surface area contributed by atoms with E-state index in [9.17, 15) is 9.59 Å². The highest BCUT2D eigenvalue weighted by atomic mass is 32.1. The smallest absolute Gasteiger partial charge is 0.263 e. The number of thiophene rings is 1. The monoisotopic (exact) mass is 392 g/mol. The second kappa shape index (κ2) is 8.31. The SMILES string of the molecule is O=C(c1cccnc1)c1cccc(N2CCCN(C(=O)c3cccs3)CC2)n1. The summed E-state index contributed by atoms with van der Waals surface area (Å²) in [6, 6.07) is 12.7. The van der Waals surface area contributed by atoms with E-state index in [4.69, 9.17) is 0 Å². The molecule has 0 radical (unpaired) electrons. The Balaban J connectivity index is 1.48. The second-order valence-corrected chi connectivity index (χ2v) is 7.51. The third kappa shape index (κ3) is 3.94. The number of aromatic nitrogens is 2. The quantitative estimate of drug-likeness (QED) is 0.638. The number of hydrogen-bond donors (Lipinski definition) is 0. The largest absolute Gasteiger partial charge is 0.355 e. The first-order valence-corrected chi connectivity index (χ1v) is 10.1. The van der Waals surface area contributed by atoms with Crippen LogP contribution in [-0.2, 0) is 0 Å². The highest BCUT2D eigenvalue weighted by Crippen LogP contribution is 2.18. The van der Waals surface area contributed by atoms with E-state index in [2.05, 4.69) is 14.9 Å². The molecule has 3 aromatic rings. The molecule has 142 valence electrons. The van der Waals surface area contributed by atoms with Crippen molar-refractivity contribution in [1.29, 1.82) is 0 Å². The lowest BCUT2D eigenvalue weighted by Crippen LogP contribution is -2.35. The standard InChI is InChI=1S/C21H20N4O2S/c26-20(16-5-2-9-22-15-16)17-6-1-8-19(23-17)24-10-4-11-25(13-12-24)21(27)18-7-3-14-28-18/h1-3,5-9,14-15H,4,10-13H2. The lowest BCUT2D eigenvalue weighted by Gasteiger charge is -2.23. The molecule has 4 heterocycles. The zero-order valence-electron chi connectivity index (χ0n) is 15.3. The van der Waals surface area contributed by atoms with Gasteiger partial charge in [-0.25, -0.2) is 4.98 Å². The molecule has 0 unspecified atom stereocenters. The topological polar surface area (TPSA) is 66.4 Å². The fourth-order valence-electron chi connectivity index (χ4n) is 3.28. The van der Waals surface area contributed by atoms with Crippen LogP contribution in [0.2, 0.25) is 0 Å². The molecule has 1 aliphatic heterocycles. The summed E-state index contributed by atoms with van der Waals surface area (Å²) in [4.78, 5) is 38.7. The van der Waals surface area contributed by atoms with Gasteiger partial charge in [0.1, 0.15) is 11.5 Å². The van der Waals surface area contributed by atoms with E-state index in [1.54, 1.807) is 30.6 Å². The van der Waals surface area contributed by atoms with Crippen molar-refractivity contribution in [2.45, 2.75) is 6.42 Å². The highest BCUT2D eigenvalue weighted by Gasteiger charge is 2.22. The van der Waals surface area contributed by atoms with Crippen LogP contribution in [0.3, 0.4) is 0 Å². The molecule has 1 saturated heterocycles. The summed E-state index contributed by atoms with van der Waals surface area (Å²) in [7, 11) is 0. The molecule has 7 heteroatoms. The Kier molecular flexibility index (Phi) is 5.43. The molecule has 0 bridgehead atoms. The van der Waals surface area contributed by atoms with Crippen molar-refractivity contribution >= 4 is 28.8 Å². The number of pyridine rings is 2. The van der Waals surface area contributed by atoms with Crippen LogP contribution in [0.25, 0.3) is 0 Å². The number of nitrogens with zero attached hydrogens (tertiary/aromatic N) is 4. The van der Waals surface area contributed by atoms with E-state index in [1.165, 1.54) is 11.3 Å². The first-order valence-electron chi connectivity index (χ1n) is 9.22. The van der Waals surface area contributed by atoms with Gasteiger partial charge in [0.15, 0.2) is 0 Å². The molecule has 4 rings (SSSR count). The van der Waals surface area contributed by atoms with Crippen molar-refractivity contribution in [3.63, 3.8) is 0 Å². The highest BCUT2D eigenvalue weighted by molar-refractivity contribution is 7.12. The van der Waals surface area contributed by atoms with Crippen molar-refractivity contribution in [3.05, 3.63) is 76.4 Å². The van der Waals surface area contributed by atoms with Gasteiger partial charge in [-0.2, -0.15) is 0 Å². The Labute approximate surface area is 167 Å². The minimum absolute atomic E-state index is 0.0883. The zero-order valence-corrected chi connectivity index (χ0v) is 16.1. The summed E-state index contributed by atoms with van der Waals surface area (Å²) in [6.07, 6.45) is 4.05. The van der Waals surface area contributed by atoms with Gasteiger partial charge >= 0.3 is 0 Å². The maximum absolute atomic E-state index is 12.6. The maximum atomic E-state index is 12.6. The minimum Gasteiger partial charge on any atom is -0.355 e. The summed E-state index contributed by atoms with van der Waals surface area (Å²) in [5, 5.41) is 1.92. The lowest BCUT2D eigenvalue weighted by molar-refractivity contribution is 0.0771. The molecule has 1 aliphatic rings. The number of carbonyl (C=O) groups excluding carboxylic acids is 2. The summed E-state index contributed by atoms with van der Waals surface area (Å²) in [5.74, 6) is 0.713. The molecule has 0 aromatic carbocycles. The zero-order chi connectivity index (χ0) is 19.3. The molecule has 28 heavy (non-hydrogen) atoms. The van der Waals surface area contributed by atoms with E-state index in [0.717, 1.165) is 30.2 Å². The van der Waals surface area contributed by atoms with E-state index in [1.807, 2.05) is 34.5 Å². The van der Waals surface area contributed by atoms with Gasteiger partial charge in [0.25, 0.3) is 5.91 Å². The van der Waals surface area contributed by atoms with Gasteiger partial charge in [-0.05, 0) is 42.1 Å². The molecule has 1 amide bonds. The van der Waals surface area contributed by atoms with Crippen LogP contribution in [0.5, 0.6) is 0 Å². The number of anilines is 1. The van der Waals surface area contributed by atoms with Crippen LogP contribution in [0.4, 0.5) is 5.82 Å². The van der Waals surface area contributed by atoms with Crippen molar-refractivity contribution in [3.8, 4) is 0 Å².